The van der Waals surface area contributed by atoms with Gasteiger partial charge in [0.25, 0.3) is 0 Å². The first-order valence-corrected chi connectivity index (χ1v) is 17.8. The molecule has 274 valence electrons. The quantitative estimate of drug-likeness (QED) is 0.121. The van der Waals surface area contributed by atoms with E-state index in [1.54, 1.807) is 0 Å². The fourth-order valence-electron chi connectivity index (χ4n) is 5.20. The van der Waals surface area contributed by atoms with Gasteiger partial charge >= 0.3 is 6.18 Å². The van der Waals surface area contributed by atoms with E-state index in [0.29, 0.717) is 24.9 Å². The van der Waals surface area contributed by atoms with Crippen LogP contribution in [0.25, 0.3) is 0 Å². The van der Waals surface area contributed by atoms with Crippen molar-refractivity contribution in [2.45, 2.75) is 92.0 Å². The van der Waals surface area contributed by atoms with Gasteiger partial charge in [0.1, 0.15) is 30.3 Å². The van der Waals surface area contributed by atoms with Crippen LogP contribution in [0.5, 0.6) is 17.2 Å². The Hall–Kier alpha value is -3.43. The molecule has 9 heteroatoms. The van der Waals surface area contributed by atoms with Crippen LogP contribution >= 0.6 is 0 Å². The van der Waals surface area contributed by atoms with E-state index >= 15 is 0 Å². The SMILES string of the molecule is C=C(C)/C(=C\C=C/C)O[C@H](CC)CNCCC.CCC.FC(F)(F)c1ccc(OC[C@@H]2CCCN(C[C@H]3COc4ccccc4O3)C2)cc1. The predicted molar refractivity (Wildman–Crippen MR) is 194 cm³/mol. The Balaban J connectivity index is 0.000000357. The summed E-state index contributed by atoms with van der Waals surface area (Å²) in [4.78, 5) is 2.35. The number of likely N-dealkylation sites (tertiary alicyclic amines) is 1. The van der Waals surface area contributed by atoms with E-state index in [-0.39, 0.29) is 12.2 Å². The van der Waals surface area contributed by atoms with Crippen LogP contribution in [0.4, 0.5) is 13.2 Å². The summed E-state index contributed by atoms with van der Waals surface area (Å²) in [6.07, 6.45) is 7.33. The number of nitrogens with zero attached hydrogens (tertiary/aromatic N) is 1. The number of nitrogens with one attached hydrogen (secondary N) is 1. The highest BCUT2D eigenvalue weighted by atomic mass is 19.4. The fourth-order valence-corrected chi connectivity index (χ4v) is 5.20. The summed E-state index contributed by atoms with van der Waals surface area (Å²) in [6.45, 7) is 22.1. The van der Waals surface area contributed by atoms with Crippen LogP contribution in [0.3, 0.4) is 0 Å². The molecule has 0 spiro atoms. The molecule has 1 N–H and O–H groups in total. The number of allylic oxidation sites excluding steroid dienone is 4. The molecule has 0 saturated carbocycles. The van der Waals surface area contributed by atoms with Crippen molar-refractivity contribution in [3.8, 4) is 17.2 Å². The van der Waals surface area contributed by atoms with Crippen molar-refractivity contribution in [2.24, 2.45) is 5.92 Å². The summed E-state index contributed by atoms with van der Waals surface area (Å²) in [5, 5.41) is 3.39. The van der Waals surface area contributed by atoms with Gasteiger partial charge in [-0.1, -0.05) is 65.0 Å². The van der Waals surface area contributed by atoms with E-state index in [4.69, 9.17) is 18.9 Å². The number of alkyl halides is 3. The van der Waals surface area contributed by atoms with Crippen LogP contribution < -0.4 is 19.5 Å². The number of fused-ring (bicyclic) bond motifs is 1. The Morgan fingerprint density at radius 2 is 1.78 bits per heavy atom. The molecule has 0 amide bonds. The van der Waals surface area contributed by atoms with E-state index in [0.717, 1.165) is 93.4 Å². The minimum Gasteiger partial charge on any atom is -0.493 e. The highest BCUT2D eigenvalue weighted by molar-refractivity contribution is 5.40. The normalized spacial score (nSPS) is 18.4. The smallest absolute Gasteiger partial charge is 0.416 e. The van der Waals surface area contributed by atoms with Gasteiger partial charge in [-0.05, 0) is 101 Å². The van der Waals surface area contributed by atoms with Crippen LogP contribution in [0.2, 0.25) is 0 Å². The Kier molecular flexibility index (Phi) is 19.6. The number of ether oxygens (including phenoxy) is 4. The average molecular weight is 689 g/mol. The number of halogens is 3. The van der Waals surface area contributed by atoms with Crippen molar-refractivity contribution >= 4 is 0 Å². The number of hydrogen-bond donors (Lipinski definition) is 1. The van der Waals surface area contributed by atoms with Gasteiger partial charge in [-0.2, -0.15) is 13.2 Å². The zero-order valence-electron chi connectivity index (χ0n) is 30.5. The van der Waals surface area contributed by atoms with Crippen LogP contribution in [0.1, 0.15) is 79.2 Å². The predicted octanol–water partition coefficient (Wildman–Crippen LogP) is 9.87. The number of rotatable bonds is 14. The minimum absolute atomic E-state index is 0.0144. The first-order chi connectivity index (χ1) is 23.5. The lowest BCUT2D eigenvalue weighted by Crippen LogP contribution is -2.45. The summed E-state index contributed by atoms with van der Waals surface area (Å²) < 4.78 is 61.5. The molecule has 0 bridgehead atoms. The van der Waals surface area contributed by atoms with E-state index in [1.165, 1.54) is 18.6 Å². The zero-order chi connectivity index (χ0) is 36.1. The molecular formula is C40H59F3N2O4. The number of hydrogen-bond acceptors (Lipinski definition) is 6. The standard InChI is InChI=1S/C22H24F3NO3.C15H27NO.C3H8/c23-22(24,25)17-7-9-18(10-8-17)27-14-16-4-3-11-26(12-16)13-19-15-28-20-5-1-2-6-21(20)29-19;1-6-9-10-15(13(4)5)17-14(8-3)12-16-11-7-2;1-3-2/h1-2,5-10,16,19H,3-4,11-15H2;6,9-10,14,16H,4,7-8,11-12H2,1-3,5H3;3H2,1-2H3/b;9-6-,15-10+;/t16-,19+;14-;/m11./s1. The first-order valence-electron chi connectivity index (χ1n) is 17.8. The molecule has 0 aliphatic carbocycles. The van der Waals surface area contributed by atoms with Gasteiger partial charge in [-0.3, -0.25) is 4.90 Å². The summed E-state index contributed by atoms with van der Waals surface area (Å²) in [5.74, 6) is 3.25. The second kappa shape index (κ2) is 23.1. The maximum atomic E-state index is 12.6. The van der Waals surface area contributed by atoms with Gasteiger partial charge in [0.15, 0.2) is 11.5 Å². The lowest BCUT2D eigenvalue weighted by molar-refractivity contribution is -0.137. The molecule has 2 aliphatic heterocycles. The molecule has 2 aromatic rings. The topological polar surface area (TPSA) is 52.2 Å². The number of benzene rings is 2. The molecule has 2 heterocycles. The molecular weight excluding hydrogens is 629 g/mol. The van der Waals surface area contributed by atoms with Gasteiger partial charge < -0.3 is 24.3 Å². The fraction of sp³-hybridized carbons (Fsp3) is 0.550. The molecule has 2 aliphatic rings. The number of piperidine rings is 1. The molecule has 49 heavy (non-hydrogen) atoms. The van der Waals surface area contributed by atoms with Crippen molar-refractivity contribution in [3.05, 3.63) is 90.2 Å². The summed E-state index contributed by atoms with van der Waals surface area (Å²) in [7, 11) is 0. The van der Waals surface area contributed by atoms with Crippen molar-refractivity contribution in [3.63, 3.8) is 0 Å². The maximum absolute atomic E-state index is 12.6. The third kappa shape index (κ3) is 16.2. The minimum atomic E-state index is -4.33. The lowest BCUT2D eigenvalue weighted by Gasteiger charge is -2.36. The Morgan fingerprint density at radius 3 is 2.39 bits per heavy atom. The van der Waals surface area contributed by atoms with E-state index < -0.39 is 11.7 Å². The van der Waals surface area contributed by atoms with Crippen LogP contribution in [0, 0.1) is 5.92 Å². The molecule has 0 aromatic heterocycles. The highest BCUT2D eigenvalue weighted by Crippen LogP contribution is 2.32. The van der Waals surface area contributed by atoms with Gasteiger partial charge in [0.2, 0.25) is 0 Å². The van der Waals surface area contributed by atoms with Crippen molar-refractivity contribution in [1.29, 1.82) is 0 Å². The second-order valence-electron chi connectivity index (χ2n) is 12.5. The summed E-state index contributed by atoms with van der Waals surface area (Å²) in [6, 6.07) is 12.6. The lowest BCUT2D eigenvalue weighted by atomic mass is 9.98. The largest absolute Gasteiger partial charge is 0.493 e. The van der Waals surface area contributed by atoms with Crippen molar-refractivity contribution in [1.82, 2.24) is 10.2 Å². The number of para-hydroxylation sites is 2. The van der Waals surface area contributed by atoms with E-state index in [9.17, 15) is 13.2 Å². The molecule has 6 nitrogen and oxygen atoms in total. The molecule has 0 radical (unpaired) electrons. The van der Waals surface area contributed by atoms with Gasteiger partial charge in [-0.25, -0.2) is 0 Å². The van der Waals surface area contributed by atoms with Crippen molar-refractivity contribution < 1.29 is 32.1 Å². The molecule has 1 fully saturated rings. The van der Waals surface area contributed by atoms with Crippen LogP contribution in [0.15, 0.2) is 84.7 Å². The van der Waals surface area contributed by atoms with Crippen molar-refractivity contribution in [2.75, 3.05) is 45.9 Å². The highest BCUT2D eigenvalue weighted by Gasteiger charge is 2.30. The summed E-state index contributed by atoms with van der Waals surface area (Å²) >= 11 is 0. The average Bonchev–Trinajstić information content (AvgIpc) is 3.09. The third-order valence-corrected chi connectivity index (χ3v) is 7.71. The summed E-state index contributed by atoms with van der Waals surface area (Å²) in [5.41, 5.74) is 0.307. The Morgan fingerprint density at radius 1 is 1.08 bits per heavy atom. The Bertz CT molecular complexity index is 1260. The molecule has 0 unspecified atom stereocenters. The van der Waals surface area contributed by atoms with E-state index in [2.05, 4.69) is 44.5 Å². The van der Waals surface area contributed by atoms with Crippen LogP contribution in [-0.4, -0.2) is 63.0 Å². The molecule has 1 saturated heterocycles. The van der Waals surface area contributed by atoms with Crippen LogP contribution in [-0.2, 0) is 10.9 Å². The Labute approximate surface area is 293 Å². The molecule has 4 rings (SSSR count). The van der Waals surface area contributed by atoms with Gasteiger partial charge in [0.05, 0.1) is 12.2 Å². The van der Waals surface area contributed by atoms with Gasteiger partial charge in [-0.15, -0.1) is 0 Å². The molecule has 3 atom stereocenters. The first kappa shape index (κ1) is 41.7. The zero-order valence-corrected chi connectivity index (χ0v) is 30.5. The maximum Gasteiger partial charge on any atom is 0.416 e. The van der Waals surface area contributed by atoms with E-state index in [1.807, 2.05) is 56.3 Å². The molecule has 2 aromatic carbocycles. The third-order valence-electron chi connectivity index (χ3n) is 7.71. The second-order valence-corrected chi connectivity index (χ2v) is 12.5. The monoisotopic (exact) mass is 688 g/mol. The van der Waals surface area contributed by atoms with Gasteiger partial charge in [0, 0.05) is 25.6 Å².